The van der Waals surface area contributed by atoms with Gasteiger partial charge in [-0.3, -0.25) is 9.78 Å². The minimum absolute atomic E-state index is 0.0374. The van der Waals surface area contributed by atoms with E-state index in [1.165, 1.54) is 24.4 Å². The Bertz CT molecular complexity index is 1400. The van der Waals surface area contributed by atoms with Crippen LogP contribution in [0.2, 0.25) is 0 Å². The minimum atomic E-state index is -4.43. The number of nitrogens with zero attached hydrogens (tertiary/aromatic N) is 3. The Morgan fingerprint density at radius 2 is 1.71 bits per heavy atom. The topological polar surface area (TPSA) is 124 Å². The van der Waals surface area contributed by atoms with Gasteiger partial charge in [-0.15, -0.1) is 0 Å². The van der Waals surface area contributed by atoms with Crippen LogP contribution in [0.5, 0.6) is 11.5 Å². The molecule has 0 aliphatic carbocycles. The number of hydrogen-bond donors (Lipinski definition) is 3. The molecule has 0 bridgehead atoms. The zero-order valence-corrected chi connectivity index (χ0v) is 20.1. The summed E-state index contributed by atoms with van der Waals surface area (Å²) in [6, 6.07) is 16.3. The maximum Gasteiger partial charge on any atom is 0.416 e. The molecule has 0 atom stereocenters. The summed E-state index contributed by atoms with van der Waals surface area (Å²) in [5, 5.41) is 5.78. The third kappa shape index (κ3) is 6.95. The van der Waals surface area contributed by atoms with E-state index >= 15 is 0 Å². The molecular formula is C26H23F3N6O3. The molecule has 1 amide bonds. The molecule has 0 aliphatic heterocycles. The normalized spacial score (nSPS) is 11.2. The van der Waals surface area contributed by atoms with Crippen molar-refractivity contribution in [3.8, 4) is 22.8 Å². The minimum Gasteiger partial charge on any atom is -0.457 e. The Morgan fingerprint density at radius 1 is 0.974 bits per heavy atom. The van der Waals surface area contributed by atoms with Crippen molar-refractivity contribution in [2.75, 3.05) is 31.3 Å². The van der Waals surface area contributed by atoms with Gasteiger partial charge in [0.25, 0.3) is 5.91 Å². The zero-order valence-electron chi connectivity index (χ0n) is 20.1. The lowest BCUT2D eigenvalue weighted by Gasteiger charge is -2.11. The van der Waals surface area contributed by atoms with E-state index in [-0.39, 0.29) is 17.5 Å². The summed E-state index contributed by atoms with van der Waals surface area (Å²) in [6.45, 7) is 0.751. The molecule has 0 saturated heterocycles. The van der Waals surface area contributed by atoms with Gasteiger partial charge in [-0.1, -0.05) is 12.1 Å². The van der Waals surface area contributed by atoms with Gasteiger partial charge in [0.15, 0.2) is 0 Å². The fraction of sp³-hybridized carbons (Fsp3) is 0.154. The SMILES string of the molecule is COCCNC(=O)c1cc(Oc2ccc(Nc3cc(-c4ccc(C(F)(F)F)cc4)nc(N)n3)cc2)ccn1. The van der Waals surface area contributed by atoms with Gasteiger partial charge in [0, 0.05) is 43.2 Å². The second-order valence-corrected chi connectivity index (χ2v) is 7.95. The number of pyridine rings is 1. The maximum atomic E-state index is 12.9. The van der Waals surface area contributed by atoms with Crippen LogP contribution < -0.4 is 21.1 Å². The number of carbonyl (C=O) groups excluding carboxylic acids is 1. The molecule has 4 N–H and O–H groups in total. The first kappa shape index (κ1) is 26.4. The molecule has 12 heteroatoms. The summed E-state index contributed by atoms with van der Waals surface area (Å²) in [4.78, 5) is 24.5. The smallest absolute Gasteiger partial charge is 0.416 e. The van der Waals surface area contributed by atoms with Crippen molar-refractivity contribution in [2.45, 2.75) is 6.18 Å². The van der Waals surface area contributed by atoms with Crippen LogP contribution >= 0.6 is 0 Å². The van der Waals surface area contributed by atoms with E-state index in [0.717, 1.165) is 12.1 Å². The van der Waals surface area contributed by atoms with E-state index in [1.54, 1.807) is 43.5 Å². The number of rotatable bonds is 9. The third-order valence-electron chi connectivity index (χ3n) is 5.17. The van der Waals surface area contributed by atoms with Crippen molar-refractivity contribution in [1.29, 1.82) is 0 Å². The average Bonchev–Trinajstić information content (AvgIpc) is 2.89. The molecule has 0 fully saturated rings. The Hall–Kier alpha value is -4.71. The van der Waals surface area contributed by atoms with Gasteiger partial charge in [0.2, 0.25) is 5.95 Å². The maximum absolute atomic E-state index is 12.9. The summed E-state index contributed by atoms with van der Waals surface area (Å²) in [5.41, 5.74) is 6.77. The van der Waals surface area contributed by atoms with Crippen molar-refractivity contribution in [2.24, 2.45) is 0 Å². The van der Waals surface area contributed by atoms with E-state index in [4.69, 9.17) is 15.2 Å². The monoisotopic (exact) mass is 524 g/mol. The van der Waals surface area contributed by atoms with Crippen LogP contribution in [0.4, 0.5) is 30.6 Å². The van der Waals surface area contributed by atoms with E-state index in [2.05, 4.69) is 25.6 Å². The predicted molar refractivity (Wildman–Crippen MR) is 135 cm³/mol. The van der Waals surface area contributed by atoms with Crippen molar-refractivity contribution in [3.05, 3.63) is 84.2 Å². The van der Waals surface area contributed by atoms with Crippen molar-refractivity contribution >= 4 is 23.4 Å². The van der Waals surface area contributed by atoms with E-state index in [0.29, 0.717) is 47.4 Å². The summed E-state index contributed by atoms with van der Waals surface area (Å²) in [5.74, 6) is 0.929. The number of carbonyl (C=O) groups is 1. The summed E-state index contributed by atoms with van der Waals surface area (Å²) >= 11 is 0. The van der Waals surface area contributed by atoms with Gasteiger partial charge in [-0.05, 0) is 42.5 Å². The first-order valence-corrected chi connectivity index (χ1v) is 11.3. The molecule has 2 heterocycles. The Morgan fingerprint density at radius 3 is 2.39 bits per heavy atom. The summed E-state index contributed by atoms with van der Waals surface area (Å²) in [6.07, 6.45) is -2.95. The number of benzene rings is 2. The molecule has 0 unspecified atom stereocenters. The highest BCUT2D eigenvalue weighted by Gasteiger charge is 2.30. The van der Waals surface area contributed by atoms with Crippen LogP contribution in [-0.4, -0.2) is 41.1 Å². The first-order chi connectivity index (χ1) is 18.2. The van der Waals surface area contributed by atoms with Crippen LogP contribution in [0.25, 0.3) is 11.3 Å². The quantitative estimate of drug-likeness (QED) is 0.260. The highest BCUT2D eigenvalue weighted by Crippen LogP contribution is 2.31. The molecule has 2 aromatic carbocycles. The van der Waals surface area contributed by atoms with Gasteiger partial charge in [-0.2, -0.15) is 18.2 Å². The Balaban J connectivity index is 1.43. The number of methoxy groups -OCH3 is 1. The number of aromatic nitrogens is 3. The highest BCUT2D eigenvalue weighted by atomic mass is 19.4. The number of ether oxygens (including phenoxy) is 2. The molecule has 0 radical (unpaired) electrons. The summed E-state index contributed by atoms with van der Waals surface area (Å²) < 4.78 is 49.3. The second-order valence-electron chi connectivity index (χ2n) is 7.95. The van der Waals surface area contributed by atoms with Crippen LogP contribution in [0.3, 0.4) is 0 Å². The number of nitrogens with two attached hydrogens (primary N) is 1. The fourth-order valence-corrected chi connectivity index (χ4v) is 3.35. The van der Waals surface area contributed by atoms with Gasteiger partial charge >= 0.3 is 6.18 Å². The molecule has 0 aliphatic rings. The van der Waals surface area contributed by atoms with Crippen LogP contribution in [-0.2, 0) is 10.9 Å². The predicted octanol–water partition coefficient (Wildman–Crippen LogP) is 5.05. The lowest BCUT2D eigenvalue weighted by Crippen LogP contribution is -2.27. The van der Waals surface area contributed by atoms with Gasteiger partial charge in [0.1, 0.15) is 23.0 Å². The number of nitrogen functional groups attached to an aromatic ring is 1. The van der Waals surface area contributed by atoms with Gasteiger partial charge in [0.05, 0.1) is 17.9 Å². The largest absolute Gasteiger partial charge is 0.457 e. The number of anilines is 3. The lowest BCUT2D eigenvalue weighted by atomic mass is 10.1. The van der Waals surface area contributed by atoms with Crippen molar-refractivity contribution in [3.63, 3.8) is 0 Å². The van der Waals surface area contributed by atoms with Crippen LogP contribution in [0, 0.1) is 0 Å². The second kappa shape index (κ2) is 11.6. The zero-order chi connectivity index (χ0) is 27.1. The fourth-order valence-electron chi connectivity index (χ4n) is 3.35. The highest BCUT2D eigenvalue weighted by molar-refractivity contribution is 5.92. The van der Waals surface area contributed by atoms with Crippen molar-refractivity contribution in [1.82, 2.24) is 20.3 Å². The van der Waals surface area contributed by atoms with Crippen molar-refractivity contribution < 1.29 is 27.4 Å². The number of halogens is 3. The molecule has 2 aromatic heterocycles. The number of hydrogen-bond acceptors (Lipinski definition) is 8. The molecule has 4 aromatic rings. The average molecular weight is 525 g/mol. The van der Waals surface area contributed by atoms with E-state index < -0.39 is 11.7 Å². The van der Waals surface area contributed by atoms with Gasteiger partial charge < -0.3 is 25.8 Å². The van der Waals surface area contributed by atoms with E-state index in [9.17, 15) is 18.0 Å². The number of alkyl halides is 3. The molecule has 0 saturated carbocycles. The first-order valence-electron chi connectivity index (χ1n) is 11.3. The Labute approximate surface area is 215 Å². The third-order valence-corrected chi connectivity index (χ3v) is 5.17. The van der Waals surface area contributed by atoms with Crippen LogP contribution in [0.15, 0.2) is 72.9 Å². The molecule has 196 valence electrons. The van der Waals surface area contributed by atoms with Gasteiger partial charge in [-0.25, -0.2) is 4.98 Å². The molecular weight excluding hydrogens is 501 g/mol. The lowest BCUT2D eigenvalue weighted by molar-refractivity contribution is -0.137. The molecule has 4 rings (SSSR count). The molecule has 9 nitrogen and oxygen atoms in total. The number of amides is 1. The standard InChI is InChI=1S/C26H23F3N6O3/c1-37-13-12-32-24(36)22-14-20(10-11-31-22)38-19-8-6-18(7-9-19)33-23-15-21(34-25(30)35-23)16-2-4-17(5-3-16)26(27,28)29/h2-11,14-15H,12-13H2,1H3,(H,32,36)(H3,30,33,34,35). The Kier molecular flexibility index (Phi) is 8.02. The van der Waals surface area contributed by atoms with Crippen LogP contribution in [0.1, 0.15) is 16.1 Å². The summed E-state index contributed by atoms with van der Waals surface area (Å²) in [7, 11) is 1.54. The molecule has 0 spiro atoms. The number of nitrogens with one attached hydrogen (secondary N) is 2. The van der Waals surface area contributed by atoms with E-state index in [1.807, 2.05) is 0 Å². The molecule has 38 heavy (non-hydrogen) atoms.